The molecular formula is C10H20O2Si. The third-order valence-electron chi connectivity index (χ3n) is 1.59. The van der Waals surface area contributed by atoms with Gasteiger partial charge in [-0.1, -0.05) is 19.1 Å². The van der Waals surface area contributed by atoms with Gasteiger partial charge in [0.2, 0.25) is 0 Å². The average molecular weight is 200 g/mol. The highest BCUT2D eigenvalue weighted by molar-refractivity contribution is 6.18. The van der Waals surface area contributed by atoms with Crippen LogP contribution in [-0.2, 0) is 8.85 Å². The Bertz CT molecular complexity index is 127. The van der Waals surface area contributed by atoms with Crippen LogP contribution in [0.3, 0.4) is 0 Å². The van der Waals surface area contributed by atoms with Crippen molar-refractivity contribution in [3.63, 3.8) is 0 Å². The third kappa shape index (κ3) is 7.96. The first-order valence-electron chi connectivity index (χ1n) is 4.76. The molecule has 0 atom stereocenters. The summed E-state index contributed by atoms with van der Waals surface area (Å²) in [6.07, 6.45) is 6.82. The SMILES string of the molecule is C=CCC(CC=C)O[SiH2]OCCC. The van der Waals surface area contributed by atoms with Gasteiger partial charge in [-0.15, -0.1) is 13.2 Å². The first-order valence-corrected chi connectivity index (χ1v) is 5.91. The lowest BCUT2D eigenvalue weighted by atomic mass is 10.2. The summed E-state index contributed by atoms with van der Waals surface area (Å²) in [5.74, 6) is 0. The minimum absolute atomic E-state index is 0.235. The third-order valence-corrected chi connectivity index (χ3v) is 2.66. The van der Waals surface area contributed by atoms with Gasteiger partial charge in [-0.05, 0) is 19.3 Å². The van der Waals surface area contributed by atoms with Crippen LogP contribution in [-0.4, -0.2) is 22.7 Å². The summed E-state index contributed by atoms with van der Waals surface area (Å²) in [5, 5.41) is 0. The smallest absolute Gasteiger partial charge is 0.304 e. The molecule has 0 saturated heterocycles. The molecule has 0 aliphatic heterocycles. The predicted octanol–water partition coefficient (Wildman–Crippen LogP) is 1.95. The van der Waals surface area contributed by atoms with Crippen LogP contribution in [0.25, 0.3) is 0 Å². The lowest BCUT2D eigenvalue weighted by Crippen LogP contribution is -2.16. The predicted molar refractivity (Wildman–Crippen MR) is 59.3 cm³/mol. The van der Waals surface area contributed by atoms with Crippen molar-refractivity contribution in [1.29, 1.82) is 0 Å². The van der Waals surface area contributed by atoms with Crippen molar-refractivity contribution >= 4 is 10.0 Å². The molecule has 13 heavy (non-hydrogen) atoms. The summed E-state index contributed by atoms with van der Waals surface area (Å²) in [6.45, 7) is 10.3. The summed E-state index contributed by atoms with van der Waals surface area (Å²) < 4.78 is 11.0. The van der Waals surface area contributed by atoms with E-state index in [4.69, 9.17) is 8.85 Å². The van der Waals surface area contributed by atoms with Crippen molar-refractivity contribution in [3.8, 4) is 0 Å². The second-order valence-corrected chi connectivity index (χ2v) is 3.84. The molecule has 0 unspecified atom stereocenters. The Balaban J connectivity index is 3.43. The van der Waals surface area contributed by atoms with Gasteiger partial charge in [-0.2, -0.15) is 0 Å². The number of hydrogen-bond donors (Lipinski definition) is 0. The van der Waals surface area contributed by atoms with E-state index in [-0.39, 0.29) is 6.10 Å². The zero-order valence-corrected chi connectivity index (χ0v) is 9.91. The first-order chi connectivity index (χ1) is 6.35. The highest BCUT2D eigenvalue weighted by Gasteiger charge is 2.03. The maximum atomic E-state index is 5.60. The van der Waals surface area contributed by atoms with Crippen molar-refractivity contribution in [2.24, 2.45) is 0 Å². The van der Waals surface area contributed by atoms with Crippen molar-refractivity contribution in [2.75, 3.05) is 6.61 Å². The Hall–Kier alpha value is -0.383. The van der Waals surface area contributed by atoms with Crippen LogP contribution in [0.4, 0.5) is 0 Å². The molecule has 0 rings (SSSR count). The molecule has 3 heteroatoms. The summed E-state index contributed by atoms with van der Waals surface area (Å²) in [7, 11) is -0.783. The summed E-state index contributed by atoms with van der Waals surface area (Å²) in [6, 6.07) is 0. The van der Waals surface area contributed by atoms with E-state index in [1.165, 1.54) is 0 Å². The van der Waals surface area contributed by atoms with E-state index in [1.807, 2.05) is 12.2 Å². The van der Waals surface area contributed by atoms with E-state index in [0.29, 0.717) is 0 Å². The molecule has 0 aromatic rings. The van der Waals surface area contributed by atoms with Crippen molar-refractivity contribution in [2.45, 2.75) is 32.3 Å². The molecule has 0 aliphatic carbocycles. The normalized spacial score (nSPS) is 11.2. The van der Waals surface area contributed by atoms with E-state index in [2.05, 4.69) is 20.1 Å². The van der Waals surface area contributed by atoms with E-state index in [1.54, 1.807) is 0 Å². The van der Waals surface area contributed by atoms with Gasteiger partial charge in [0.15, 0.2) is 0 Å². The molecule has 0 radical (unpaired) electrons. The first kappa shape index (κ1) is 12.6. The maximum Gasteiger partial charge on any atom is 0.304 e. The average Bonchev–Trinajstić information content (AvgIpc) is 2.13. The molecule has 0 spiro atoms. The molecule has 0 fully saturated rings. The van der Waals surface area contributed by atoms with Gasteiger partial charge < -0.3 is 8.85 Å². The van der Waals surface area contributed by atoms with Crippen molar-refractivity contribution in [3.05, 3.63) is 25.3 Å². The van der Waals surface area contributed by atoms with Crippen LogP contribution in [0.2, 0.25) is 0 Å². The van der Waals surface area contributed by atoms with Crippen molar-refractivity contribution < 1.29 is 8.85 Å². The van der Waals surface area contributed by atoms with E-state index >= 15 is 0 Å². The molecule has 0 bridgehead atoms. The van der Waals surface area contributed by atoms with Crippen LogP contribution >= 0.6 is 0 Å². The Morgan fingerprint density at radius 2 is 1.92 bits per heavy atom. The quantitative estimate of drug-likeness (QED) is 0.322. The minimum Gasteiger partial charge on any atom is -0.399 e. The highest BCUT2D eigenvalue weighted by Crippen LogP contribution is 2.04. The Morgan fingerprint density at radius 1 is 1.31 bits per heavy atom. The fourth-order valence-electron chi connectivity index (χ4n) is 0.952. The van der Waals surface area contributed by atoms with Crippen LogP contribution in [0.15, 0.2) is 25.3 Å². The second-order valence-electron chi connectivity index (χ2n) is 2.86. The molecule has 0 aromatic heterocycles. The zero-order valence-electron chi connectivity index (χ0n) is 8.50. The van der Waals surface area contributed by atoms with Crippen LogP contribution < -0.4 is 0 Å². The number of rotatable bonds is 9. The second kappa shape index (κ2) is 9.70. The van der Waals surface area contributed by atoms with Crippen molar-refractivity contribution in [1.82, 2.24) is 0 Å². The maximum absolute atomic E-state index is 5.60. The van der Waals surface area contributed by atoms with Gasteiger partial charge in [0.1, 0.15) is 0 Å². The van der Waals surface area contributed by atoms with Gasteiger partial charge in [0.25, 0.3) is 0 Å². The Kier molecular flexibility index (Phi) is 9.42. The molecule has 0 heterocycles. The molecule has 0 aromatic carbocycles. The summed E-state index contributed by atoms with van der Waals surface area (Å²) in [5.41, 5.74) is 0. The fraction of sp³-hybridized carbons (Fsp3) is 0.600. The number of hydrogen-bond acceptors (Lipinski definition) is 2. The topological polar surface area (TPSA) is 18.5 Å². The lowest BCUT2D eigenvalue weighted by molar-refractivity contribution is 0.159. The molecule has 0 amide bonds. The zero-order chi connectivity index (χ0) is 9.94. The molecule has 0 saturated carbocycles. The Morgan fingerprint density at radius 3 is 2.38 bits per heavy atom. The van der Waals surface area contributed by atoms with Gasteiger partial charge in [0, 0.05) is 6.61 Å². The van der Waals surface area contributed by atoms with Crippen LogP contribution in [0.1, 0.15) is 26.2 Å². The van der Waals surface area contributed by atoms with E-state index in [0.717, 1.165) is 25.9 Å². The summed E-state index contributed by atoms with van der Waals surface area (Å²) in [4.78, 5) is 0. The molecule has 0 aliphatic rings. The molecule has 76 valence electrons. The Labute approximate surface area is 83.7 Å². The van der Waals surface area contributed by atoms with E-state index < -0.39 is 10.0 Å². The summed E-state index contributed by atoms with van der Waals surface area (Å²) >= 11 is 0. The standard InChI is InChI=1S/C10H20O2Si/c1-4-7-10(8-5-2)12-13-11-9-6-3/h4-5,10H,1-2,6-9,13H2,3H3. The lowest BCUT2D eigenvalue weighted by Gasteiger charge is -2.14. The largest absolute Gasteiger partial charge is 0.399 e. The van der Waals surface area contributed by atoms with Gasteiger partial charge in [0.05, 0.1) is 6.10 Å². The molecule has 2 nitrogen and oxygen atoms in total. The van der Waals surface area contributed by atoms with E-state index in [9.17, 15) is 0 Å². The highest BCUT2D eigenvalue weighted by atomic mass is 28.3. The fourth-order valence-corrected chi connectivity index (χ4v) is 1.92. The minimum atomic E-state index is -0.783. The monoisotopic (exact) mass is 200 g/mol. The van der Waals surface area contributed by atoms with Gasteiger partial charge in [-0.25, -0.2) is 0 Å². The van der Waals surface area contributed by atoms with Gasteiger partial charge >= 0.3 is 10.0 Å². The van der Waals surface area contributed by atoms with Crippen LogP contribution in [0, 0.1) is 0 Å². The van der Waals surface area contributed by atoms with Gasteiger partial charge in [-0.3, -0.25) is 0 Å². The van der Waals surface area contributed by atoms with Crippen LogP contribution in [0.5, 0.6) is 0 Å². The molecular weight excluding hydrogens is 180 g/mol. The molecule has 0 N–H and O–H groups in total.